The average molecular weight is 375 g/mol. The minimum absolute atomic E-state index is 0.122. The predicted octanol–water partition coefficient (Wildman–Crippen LogP) is 4.38. The van der Waals surface area contributed by atoms with Crippen LogP contribution in [-0.2, 0) is 6.42 Å². The number of amides is 1. The molecule has 0 fully saturated rings. The summed E-state index contributed by atoms with van der Waals surface area (Å²) in [6.07, 6.45) is 0.647. The summed E-state index contributed by atoms with van der Waals surface area (Å²) in [5, 5.41) is 0. The van der Waals surface area contributed by atoms with Gasteiger partial charge in [-0.1, -0.05) is 13.8 Å². The first-order valence-corrected chi connectivity index (χ1v) is 8.88. The van der Waals surface area contributed by atoms with Gasteiger partial charge in [-0.25, -0.2) is 8.78 Å². The number of carbonyl (C=O) groups excluding carboxylic acids is 1. The molecule has 1 amide bonds. The molecule has 3 rings (SSSR count). The summed E-state index contributed by atoms with van der Waals surface area (Å²) in [6.45, 7) is 4.55. The molecule has 0 aromatic heterocycles. The van der Waals surface area contributed by atoms with Gasteiger partial charge < -0.3 is 14.4 Å². The van der Waals surface area contributed by atoms with Crippen LogP contribution in [0.25, 0.3) is 0 Å². The van der Waals surface area contributed by atoms with Crippen LogP contribution in [0.3, 0.4) is 0 Å². The molecule has 144 valence electrons. The van der Waals surface area contributed by atoms with Gasteiger partial charge in [0.1, 0.15) is 0 Å². The maximum absolute atomic E-state index is 13.6. The molecule has 0 saturated carbocycles. The largest absolute Gasteiger partial charge is 0.493 e. The second-order valence-electron chi connectivity index (χ2n) is 6.97. The van der Waals surface area contributed by atoms with Crippen LogP contribution in [0.1, 0.15) is 41.4 Å². The van der Waals surface area contributed by atoms with Crippen LogP contribution >= 0.6 is 0 Å². The molecule has 1 aliphatic heterocycles. The highest BCUT2D eigenvalue weighted by Gasteiger charge is 2.34. The minimum Gasteiger partial charge on any atom is -0.493 e. The molecule has 0 radical (unpaired) electrons. The van der Waals surface area contributed by atoms with Gasteiger partial charge in [0.15, 0.2) is 23.1 Å². The second-order valence-corrected chi connectivity index (χ2v) is 6.97. The molecule has 0 N–H and O–H groups in total. The quantitative estimate of drug-likeness (QED) is 0.796. The fourth-order valence-electron chi connectivity index (χ4n) is 3.72. The summed E-state index contributed by atoms with van der Waals surface area (Å²) in [5.74, 6) is -0.925. The van der Waals surface area contributed by atoms with Gasteiger partial charge in [0.05, 0.1) is 20.3 Å². The minimum atomic E-state index is -1.02. The third-order valence-corrected chi connectivity index (χ3v) is 4.98. The number of nitrogens with zero attached hydrogens (tertiary/aromatic N) is 1. The highest BCUT2D eigenvalue weighted by Crippen LogP contribution is 2.41. The Morgan fingerprint density at radius 1 is 1.07 bits per heavy atom. The topological polar surface area (TPSA) is 38.8 Å². The molecule has 2 aromatic carbocycles. The number of benzene rings is 2. The molecular weight excluding hydrogens is 352 g/mol. The van der Waals surface area contributed by atoms with Crippen molar-refractivity contribution >= 4 is 5.91 Å². The molecule has 6 heteroatoms. The highest BCUT2D eigenvalue weighted by atomic mass is 19.2. The summed E-state index contributed by atoms with van der Waals surface area (Å²) in [5.41, 5.74) is 2.23. The molecule has 1 heterocycles. The SMILES string of the molecule is COc1cc2c(cc1OC)C(C(C)C)N(C(=O)c1ccc(F)c(F)c1)CC2. The van der Waals surface area contributed by atoms with Crippen LogP contribution in [-0.4, -0.2) is 31.6 Å². The molecule has 1 unspecified atom stereocenters. The van der Waals surface area contributed by atoms with E-state index in [9.17, 15) is 13.6 Å². The van der Waals surface area contributed by atoms with Crippen molar-refractivity contribution in [2.45, 2.75) is 26.3 Å². The van der Waals surface area contributed by atoms with Gasteiger partial charge in [0.25, 0.3) is 5.91 Å². The molecule has 0 bridgehead atoms. The van der Waals surface area contributed by atoms with E-state index >= 15 is 0 Å². The smallest absolute Gasteiger partial charge is 0.254 e. The van der Waals surface area contributed by atoms with Crippen molar-refractivity contribution in [2.24, 2.45) is 5.92 Å². The predicted molar refractivity (Wildman–Crippen MR) is 98.2 cm³/mol. The standard InChI is InChI=1S/C21H23F2NO3/c1-12(2)20-15-11-19(27-4)18(26-3)10-13(15)7-8-24(20)21(25)14-5-6-16(22)17(23)9-14/h5-6,9-12,20H,7-8H2,1-4H3. The van der Waals surface area contributed by atoms with E-state index < -0.39 is 11.6 Å². The Bertz CT molecular complexity index is 867. The first kappa shape index (κ1) is 19.1. The van der Waals surface area contributed by atoms with E-state index in [0.29, 0.717) is 24.5 Å². The van der Waals surface area contributed by atoms with Crippen molar-refractivity contribution in [3.8, 4) is 11.5 Å². The van der Waals surface area contributed by atoms with Gasteiger partial charge in [0, 0.05) is 12.1 Å². The Balaban J connectivity index is 2.03. The van der Waals surface area contributed by atoms with Crippen LogP contribution in [0, 0.1) is 17.6 Å². The number of halogens is 2. The zero-order valence-electron chi connectivity index (χ0n) is 15.9. The van der Waals surface area contributed by atoms with Crippen molar-refractivity contribution in [1.29, 1.82) is 0 Å². The maximum atomic E-state index is 13.6. The van der Waals surface area contributed by atoms with E-state index in [1.807, 2.05) is 26.0 Å². The molecule has 1 atom stereocenters. The van der Waals surface area contributed by atoms with Gasteiger partial charge in [-0.2, -0.15) is 0 Å². The number of hydrogen-bond acceptors (Lipinski definition) is 3. The van der Waals surface area contributed by atoms with Gasteiger partial charge in [-0.05, 0) is 53.8 Å². The zero-order chi connectivity index (χ0) is 19.7. The van der Waals surface area contributed by atoms with E-state index in [-0.39, 0.29) is 23.4 Å². The van der Waals surface area contributed by atoms with Gasteiger partial charge in [-0.3, -0.25) is 4.79 Å². The Morgan fingerprint density at radius 2 is 1.74 bits per heavy atom. The van der Waals surface area contributed by atoms with Crippen molar-refractivity contribution in [3.63, 3.8) is 0 Å². The van der Waals surface area contributed by atoms with Crippen LogP contribution in [0.2, 0.25) is 0 Å². The lowest BCUT2D eigenvalue weighted by molar-refractivity contribution is 0.0602. The Hall–Kier alpha value is -2.63. The maximum Gasteiger partial charge on any atom is 0.254 e. The van der Waals surface area contributed by atoms with Crippen LogP contribution in [0.5, 0.6) is 11.5 Å². The van der Waals surface area contributed by atoms with E-state index in [4.69, 9.17) is 9.47 Å². The van der Waals surface area contributed by atoms with Crippen molar-refractivity contribution in [2.75, 3.05) is 20.8 Å². The Kier molecular flexibility index (Phi) is 5.35. The average Bonchev–Trinajstić information content (AvgIpc) is 2.67. The molecule has 0 saturated heterocycles. The normalized spacial score (nSPS) is 16.3. The lowest BCUT2D eigenvalue weighted by atomic mass is 9.85. The van der Waals surface area contributed by atoms with E-state index in [1.165, 1.54) is 6.07 Å². The van der Waals surface area contributed by atoms with Gasteiger partial charge in [-0.15, -0.1) is 0 Å². The number of ether oxygens (including phenoxy) is 2. The third kappa shape index (κ3) is 3.48. The third-order valence-electron chi connectivity index (χ3n) is 4.98. The fourth-order valence-corrected chi connectivity index (χ4v) is 3.72. The summed E-state index contributed by atoms with van der Waals surface area (Å²) in [6, 6.07) is 6.92. The molecular formula is C21H23F2NO3. The van der Waals surface area contributed by atoms with Crippen LogP contribution in [0.4, 0.5) is 8.78 Å². The van der Waals surface area contributed by atoms with Crippen molar-refractivity contribution < 1.29 is 23.0 Å². The Labute approximate surface area is 157 Å². The van der Waals surface area contributed by atoms with E-state index in [0.717, 1.165) is 23.3 Å². The lowest BCUT2D eigenvalue weighted by Crippen LogP contribution is -2.42. The lowest BCUT2D eigenvalue weighted by Gasteiger charge is -2.40. The van der Waals surface area contributed by atoms with E-state index in [2.05, 4.69) is 0 Å². The molecule has 4 nitrogen and oxygen atoms in total. The first-order valence-electron chi connectivity index (χ1n) is 8.88. The zero-order valence-corrected chi connectivity index (χ0v) is 15.9. The molecule has 0 aliphatic carbocycles. The van der Waals surface area contributed by atoms with Gasteiger partial charge >= 0.3 is 0 Å². The number of rotatable bonds is 4. The van der Waals surface area contributed by atoms with Crippen LogP contribution in [0.15, 0.2) is 30.3 Å². The van der Waals surface area contributed by atoms with Crippen molar-refractivity contribution in [1.82, 2.24) is 4.90 Å². The number of carbonyl (C=O) groups is 1. The number of hydrogen-bond donors (Lipinski definition) is 0. The number of methoxy groups -OCH3 is 2. The van der Waals surface area contributed by atoms with E-state index in [1.54, 1.807) is 19.1 Å². The summed E-state index contributed by atoms with van der Waals surface area (Å²) in [7, 11) is 3.16. The highest BCUT2D eigenvalue weighted by molar-refractivity contribution is 5.94. The summed E-state index contributed by atoms with van der Waals surface area (Å²) < 4.78 is 37.6. The van der Waals surface area contributed by atoms with Crippen LogP contribution < -0.4 is 9.47 Å². The second kappa shape index (κ2) is 7.55. The first-order chi connectivity index (χ1) is 12.9. The summed E-state index contributed by atoms with van der Waals surface area (Å²) in [4.78, 5) is 14.8. The monoisotopic (exact) mass is 375 g/mol. The fraction of sp³-hybridized carbons (Fsp3) is 0.381. The summed E-state index contributed by atoms with van der Waals surface area (Å²) >= 11 is 0. The molecule has 1 aliphatic rings. The van der Waals surface area contributed by atoms with Gasteiger partial charge in [0.2, 0.25) is 0 Å². The molecule has 2 aromatic rings. The molecule has 27 heavy (non-hydrogen) atoms. The Morgan fingerprint density at radius 3 is 2.33 bits per heavy atom. The van der Waals surface area contributed by atoms with Crippen molar-refractivity contribution in [3.05, 3.63) is 58.7 Å². The molecule has 0 spiro atoms. The number of fused-ring (bicyclic) bond motifs is 1.